The molecule has 0 saturated carbocycles. The number of ether oxygens (including phenoxy) is 1. The van der Waals surface area contributed by atoms with Crippen molar-refractivity contribution >= 4 is 0 Å². The van der Waals surface area contributed by atoms with E-state index in [0.29, 0.717) is 24.5 Å². The molecule has 6 heteroatoms. The Labute approximate surface area is 121 Å². The molecule has 0 aliphatic carbocycles. The smallest absolute Gasteiger partial charge is 0.397 e. The van der Waals surface area contributed by atoms with E-state index in [4.69, 9.17) is 0 Å². The van der Waals surface area contributed by atoms with Crippen molar-refractivity contribution in [1.82, 2.24) is 0 Å². The van der Waals surface area contributed by atoms with E-state index in [1.807, 2.05) is 13.8 Å². The van der Waals surface area contributed by atoms with Gasteiger partial charge in [-0.1, -0.05) is 33.1 Å². The first-order chi connectivity index (χ1) is 9.75. The zero-order valence-electron chi connectivity index (χ0n) is 12.1. The lowest BCUT2D eigenvalue weighted by molar-refractivity contribution is -0.182. The first kappa shape index (κ1) is 17.7. The minimum absolute atomic E-state index is 0.236. The number of benzene rings is 1. The highest BCUT2D eigenvalue weighted by molar-refractivity contribution is 5.25. The molecule has 0 heterocycles. The van der Waals surface area contributed by atoms with Crippen molar-refractivity contribution in [1.29, 1.82) is 0 Å². The summed E-state index contributed by atoms with van der Waals surface area (Å²) < 4.78 is 69.9. The molecule has 0 aliphatic rings. The van der Waals surface area contributed by atoms with Gasteiger partial charge in [0.05, 0.1) is 6.42 Å². The molecule has 0 N–H and O–H groups in total. The molecule has 21 heavy (non-hydrogen) atoms. The van der Waals surface area contributed by atoms with Crippen LogP contribution in [0, 0.1) is 23.4 Å². The van der Waals surface area contributed by atoms with Crippen molar-refractivity contribution in [3.8, 4) is 5.75 Å². The second-order valence-electron chi connectivity index (χ2n) is 5.23. The van der Waals surface area contributed by atoms with Gasteiger partial charge in [0.25, 0.3) is 0 Å². The standard InChI is InChI=1S/C15H19F5O/c1-3-5-10(2)6-4-7-15(19,20)21-11-8-12(16)14(18)13(17)9-11/h8-10H,3-7H2,1-2H3. The summed E-state index contributed by atoms with van der Waals surface area (Å²) in [5.41, 5.74) is 0. The Morgan fingerprint density at radius 3 is 2.19 bits per heavy atom. The Morgan fingerprint density at radius 1 is 1.10 bits per heavy atom. The average molecular weight is 310 g/mol. The zero-order chi connectivity index (χ0) is 16.0. The molecule has 1 aromatic carbocycles. The summed E-state index contributed by atoms with van der Waals surface area (Å²) in [6.07, 6.45) is -1.29. The summed E-state index contributed by atoms with van der Waals surface area (Å²) >= 11 is 0. The van der Waals surface area contributed by atoms with Gasteiger partial charge in [-0.05, 0) is 12.3 Å². The summed E-state index contributed by atoms with van der Waals surface area (Å²) in [6, 6.07) is 0.818. The van der Waals surface area contributed by atoms with Crippen LogP contribution in [0.15, 0.2) is 12.1 Å². The van der Waals surface area contributed by atoms with Crippen LogP contribution >= 0.6 is 0 Å². The molecular weight excluding hydrogens is 291 g/mol. The molecule has 0 saturated heterocycles. The van der Waals surface area contributed by atoms with Gasteiger partial charge in [0.1, 0.15) is 5.75 Å². The lowest BCUT2D eigenvalue weighted by Crippen LogP contribution is -2.25. The molecular formula is C15H19F5O. The molecule has 0 aromatic heterocycles. The molecule has 1 nitrogen and oxygen atoms in total. The molecule has 120 valence electrons. The third kappa shape index (κ3) is 5.89. The quantitative estimate of drug-likeness (QED) is 0.443. The van der Waals surface area contributed by atoms with Gasteiger partial charge in [-0.15, -0.1) is 0 Å². The Balaban J connectivity index is 2.56. The Bertz CT molecular complexity index is 438. The van der Waals surface area contributed by atoms with E-state index < -0.39 is 35.7 Å². The van der Waals surface area contributed by atoms with Crippen LogP contribution in [-0.2, 0) is 0 Å². The minimum atomic E-state index is -3.54. The highest BCUT2D eigenvalue weighted by atomic mass is 19.3. The monoisotopic (exact) mass is 310 g/mol. The normalized spacial score (nSPS) is 13.3. The van der Waals surface area contributed by atoms with Crippen LogP contribution in [-0.4, -0.2) is 6.11 Å². The van der Waals surface area contributed by atoms with Crippen molar-refractivity contribution in [2.24, 2.45) is 5.92 Å². The maximum atomic E-state index is 13.5. The molecule has 0 bridgehead atoms. The average Bonchev–Trinajstić information content (AvgIpc) is 2.35. The van der Waals surface area contributed by atoms with Crippen molar-refractivity contribution in [3.05, 3.63) is 29.6 Å². The van der Waals surface area contributed by atoms with E-state index in [2.05, 4.69) is 4.74 Å². The lowest BCUT2D eigenvalue weighted by atomic mass is 9.99. The number of hydrogen-bond donors (Lipinski definition) is 0. The van der Waals surface area contributed by atoms with Crippen molar-refractivity contribution < 1.29 is 26.7 Å². The number of alkyl halides is 2. The largest absolute Gasteiger partial charge is 0.432 e. The maximum Gasteiger partial charge on any atom is 0.397 e. The van der Waals surface area contributed by atoms with Crippen LogP contribution in [0.3, 0.4) is 0 Å². The molecule has 0 spiro atoms. The van der Waals surface area contributed by atoms with Gasteiger partial charge in [-0.25, -0.2) is 13.2 Å². The van der Waals surface area contributed by atoms with Gasteiger partial charge in [-0.3, -0.25) is 0 Å². The van der Waals surface area contributed by atoms with E-state index >= 15 is 0 Å². The summed E-state index contributed by atoms with van der Waals surface area (Å²) in [5, 5.41) is 0. The first-order valence-electron chi connectivity index (χ1n) is 6.96. The van der Waals surface area contributed by atoms with Crippen molar-refractivity contribution in [2.75, 3.05) is 0 Å². The van der Waals surface area contributed by atoms with Crippen LogP contribution in [0.2, 0.25) is 0 Å². The number of hydrogen-bond acceptors (Lipinski definition) is 1. The predicted octanol–water partition coefficient (Wildman–Crippen LogP) is 5.68. The maximum absolute atomic E-state index is 13.5. The Morgan fingerprint density at radius 2 is 1.67 bits per heavy atom. The number of rotatable bonds is 8. The second kappa shape index (κ2) is 7.61. The highest BCUT2D eigenvalue weighted by Crippen LogP contribution is 2.29. The summed E-state index contributed by atoms with van der Waals surface area (Å²) in [5.74, 6) is -5.21. The van der Waals surface area contributed by atoms with E-state index in [0.717, 1.165) is 12.8 Å². The molecule has 0 fully saturated rings. The van der Waals surface area contributed by atoms with Crippen molar-refractivity contribution in [2.45, 2.75) is 52.1 Å². The third-order valence-corrected chi connectivity index (χ3v) is 3.17. The fourth-order valence-corrected chi connectivity index (χ4v) is 2.11. The van der Waals surface area contributed by atoms with E-state index in [1.54, 1.807) is 0 Å². The van der Waals surface area contributed by atoms with E-state index in [9.17, 15) is 22.0 Å². The first-order valence-corrected chi connectivity index (χ1v) is 6.96. The summed E-state index contributed by atoms with van der Waals surface area (Å²) in [6.45, 7) is 4.00. The van der Waals surface area contributed by atoms with Crippen molar-refractivity contribution in [3.63, 3.8) is 0 Å². The third-order valence-electron chi connectivity index (χ3n) is 3.17. The van der Waals surface area contributed by atoms with Crippen LogP contribution in [0.1, 0.15) is 46.0 Å². The molecule has 1 unspecified atom stereocenters. The van der Waals surface area contributed by atoms with Crippen LogP contribution in [0.25, 0.3) is 0 Å². The van der Waals surface area contributed by atoms with E-state index in [-0.39, 0.29) is 6.42 Å². The fraction of sp³-hybridized carbons (Fsp3) is 0.600. The van der Waals surface area contributed by atoms with Crippen LogP contribution in [0.4, 0.5) is 22.0 Å². The molecule has 1 atom stereocenters. The molecule has 1 rings (SSSR count). The topological polar surface area (TPSA) is 9.23 Å². The number of halogens is 5. The molecule has 0 radical (unpaired) electrons. The van der Waals surface area contributed by atoms with Gasteiger partial charge in [0.2, 0.25) is 0 Å². The molecule has 1 aromatic rings. The highest BCUT2D eigenvalue weighted by Gasteiger charge is 2.31. The summed E-state index contributed by atoms with van der Waals surface area (Å²) in [7, 11) is 0. The SMILES string of the molecule is CCCC(C)CCCC(F)(F)Oc1cc(F)c(F)c(F)c1. The van der Waals surface area contributed by atoms with Gasteiger partial charge in [0, 0.05) is 12.1 Å². The zero-order valence-corrected chi connectivity index (χ0v) is 12.1. The molecule has 0 amide bonds. The van der Waals surface area contributed by atoms with Crippen LogP contribution in [0.5, 0.6) is 5.75 Å². The Hall–Kier alpha value is -1.33. The van der Waals surface area contributed by atoms with Gasteiger partial charge < -0.3 is 4.74 Å². The van der Waals surface area contributed by atoms with Gasteiger partial charge in [0.15, 0.2) is 17.5 Å². The second-order valence-corrected chi connectivity index (χ2v) is 5.23. The molecule has 0 aliphatic heterocycles. The van der Waals surface area contributed by atoms with Gasteiger partial charge >= 0.3 is 6.11 Å². The fourth-order valence-electron chi connectivity index (χ4n) is 2.11. The predicted molar refractivity (Wildman–Crippen MR) is 69.8 cm³/mol. The minimum Gasteiger partial charge on any atom is -0.432 e. The lowest BCUT2D eigenvalue weighted by Gasteiger charge is -2.19. The van der Waals surface area contributed by atoms with Crippen LogP contribution < -0.4 is 4.74 Å². The van der Waals surface area contributed by atoms with E-state index in [1.165, 1.54) is 0 Å². The van der Waals surface area contributed by atoms with Gasteiger partial charge in [-0.2, -0.15) is 8.78 Å². The Kier molecular flexibility index (Phi) is 6.42. The summed E-state index contributed by atoms with van der Waals surface area (Å²) in [4.78, 5) is 0.